The van der Waals surface area contributed by atoms with E-state index >= 15 is 0 Å². The number of piperidine rings is 1. The second-order valence-electron chi connectivity index (χ2n) is 6.46. The predicted octanol–water partition coefficient (Wildman–Crippen LogP) is 1.99. The molecule has 1 saturated carbocycles. The first-order chi connectivity index (χ1) is 8.68. The van der Waals surface area contributed by atoms with Gasteiger partial charge in [0.15, 0.2) is 0 Å². The number of hydrogen-bond donors (Lipinski definition) is 2. The lowest BCUT2D eigenvalue weighted by molar-refractivity contribution is 0.130. The monoisotopic (exact) mass is 254 g/mol. The van der Waals surface area contributed by atoms with E-state index in [0.717, 1.165) is 12.3 Å². The average Bonchev–Trinajstić information content (AvgIpc) is 2.79. The first kappa shape index (κ1) is 14.3. The third-order valence-corrected chi connectivity index (χ3v) is 5.38. The fourth-order valence-corrected chi connectivity index (χ4v) is 3.77. The Balaban J connectivity index is 1.72. The summed E-state index contributed by atoms with van der Waals surface area (Å²) in [5.74, 6) is 1.49. The van der Waals surface area contributed by atoms with Gasteiger partial charge in [0.1, 0.15) is 0 Å². The summed E-state index contributed by atoms with van der Waals surface area (Å²) in [4.78, 5) is 2.60. The van der Waals surface area contributed by atoms with E-state index in [1.807, 2.05) is 0 Å². The fraction of sp³-hybridized carbons (Fsp3) is 1.00. The van der Waals surface area contributed by atoms with Crippen LogP contribution in [0.15, 0.2) is 0 Å². The molecule has 1 aliphatic heterocycles. The van der Waals surface area contributed by atoms with E-state index in [4.69, 9.17) is 5.73 Å². The van der Waals surface area contributed by atoms with Gasteiger partial charge in [-0.2, -0.15) is 0 Å². The van der Waals surface area contributed by atoms with Crippen LogP contribution in [-0.4, -0.2) is 41.8 Å². The molecule has 0 aromatic rings. The second-order valence-corrected chi connectivity index (χ2v) is 6.46. The lowest BCUT2D eigenvalue weighted by Gasteiger charge is -2.34. The molecule has 2 unspecified atom stereocenters. The number of aliphatic hydroxyl groups excluding tert-OH is 1. The van der Waals surface area contributed by atoms with Gasteiger partial charge in [-0.15, -0.1) is 0 Å². The maximum absolute atomic E-state index is 9.46. The van der Waals surface area contributed by atoms with E-state index in [9.17, 15) is 5.11 Å². The minimum atomic E-state index is -0.276. The van der Waals surface area contributed by atoms with Crippen molar-refractivity contribution in [3.8, 4) is 0 Å². The minimum absolute atomic E-state index is 0.162. The lowest BCUT2D eigenvalue weighted by atomic mass is 9.86. The van der Waals surface area contributed by atoms with Crippen LogP contribution in [0.2, 0.25) is 0 Å². The van der Waals surface area contributed by atoms with E-state index in [1.165, 1.54) is 58.2 Å². The Kier molecular flexibility index (Phi) is 5.05. The van der Waals surface area contributed by atoms with Gasteiger partial charge in [-0.05, 0) is 63.6 Å². The molecular weight excluding hydrogens is 224 g/mol. The van der Waals surface area contributed by atoms with E-state index < -0.39 is 0 Å². The van der Waals surface area contributed by atoms with E-state index in [1.54, 1.807) is 0 Å². The van der Waals surface area contributed by atoms with Crippen molar-refractivity contribution in [2.75, 3.05) is 26.2 Å². The number of rotatable bonds is 5. The third-order valence-electron chi connectivity index (χ3n) is 5.38. The Morgan fingerprint density at radius 3 is 2.61 bits per heavy atom. The number of nitrogens with two attached hydrogens (primary N) is 1. The number of likely N-dealkylation sites (tertiary alicyclic amines) is 1. The maximum Gasteiger partial charge on any atom is 0.0613 e. The molecular formula is C15H30N2O. The van der Waals surface area contributed by atoms with Gasteiger partial charge in [0.2, 0.25) is 0 Å². The standard InChI is InChI=1S/C15H30N2O/c1-2-13-5-9-17(10-6-13)11-7-14-4-3-8-15(14,16)12-18/h13-14,18H,2-12,16H2,1H3. The van der Waals surface area contributed by atoms with Gasteiger partial charge in [-0.3, -0.25) is 0 Å². The molecule has 2 rings (SSSR count). The summed E-state index contributed by atoms with van der Waals surface area (Å²) in [7, 11) is 0. The Bertz CT molecular complexity index is 251. The van der Waals surface area contributed by atoms with Gasteiger partial charge >= 0.3 is 0 Å². The summed E-state index contributed by atoms with van der Waals surface area (Å²) in [5.41, 5.74) is 6.02. The van der Waals surface area contributed by atoms with Crippen LogP contribution < -0.4 is 5.73 Å². The molecule has 0 aromatic carbocycles. The molecule has 0 amide bonds. The zero-order valence-corrected chi connectivity index (χ0v) is 11.9. The van der Waals surface area contributed by atoms with Crippen LogP contribution in [0.1, 0.15) is 51.9 Å². The summed E-state index contributed by atoms with van der Waals surface area (Å²) in [6, 6.07) is 0. The van der Waals surface area contributed by atoms with Gasteiger partial charge in [0, 0.05) is 5.54 Å². The summed E-state index contributed by atoms with van der Waals surface area (Å²) in [6.07, 6.45) is 8.67. The Labute approximate surface area is 112 Å². The molecule has 0 radical (unpaired) electrons. The normalized spacial score (nSPS) is 35.2. The number of aliphatic hydroxyl groups is 1. The summed E-state index contributed by atoms with van der Waals surface area (Å²) in [5, 5.41) is 9.46. The zero-order chi connectivity index (χ0) is 13.0. The van der Waals surface area contributed by atoms with E-state index in [-0.39, 0.29) is 12.1 Å². The van der Waals surface area contributed by atoms with Crippen molar-refractivity contribution < 1.29 is 5.11 Å². The fourth-order valence-electron chi connectivity index (χ4n) is 3.77. The van der Waals surface area contributed by atoms with Crippen LogP contribution in [0.3, 0.4) is 0 Å². The molecule has 0 spiro atoms. The molecule has 3 nitrogen and oxygen atoms in total. The molecule has 0 bridgehead atoms. The van der Waals surface area contributed by atoms with Gasteiger partial charge in [0.05, 0.1) is 6.61 Å². The SMILES string of the molecule is CCC1CCN(CCC2CCCC2(N)CO)CC1. The van der Waals surface area contributed by atoms with Crippen molar-refractivity contribution in [1.82, 2.24) is 4.90 Å². The smallest absolute Gasteiger partial charge is 0.0613 e. The first-order valence-electron chi connectivity index (χ1n) is 7.80. The minimum Gasteiger partial charge on any atom is -0.394 e. The molecule has 1 aliphatic carbocycles. The van der Waals surface area contributed by atoms with E-state index in [2.05, 4.69) is 11.8 Å². The van der Waals surface area contributed by atoms with Crippen molar-refractivity contribution >= 4 is 0 Å². The molecule has 2 aliphatic rings. The zero-order valence-electron chi connectivity index (χ0n) is 11.9. The molecule has 18 heavy (non-hydrogen) atoms. The largest absolute Gasteiger partial charge is 0.394 e. The van der Waals surface area contributed by atoms with Gasteiger partial charge in [-0.1, -0.05) is 19.8 Å². The molecule has 2 atom stereocenters. The Hall–Kier alpha value is -0.120. The highest BCUT2D eigenvalue weighted by molar-refractivity contribution is 4.96. The second kappa shape index (κ2) is 6.36. The lowest BCUT2D eigenvalue weighted by Crippen LogP contribution is -2.48. The highest BCUT2D eigenvalue weighted by atomic mass is 16.3. The molecule has 1 saturated heterocycles. The maximum atomic E-state index is 9.46. The van der Waals surface area contributed by atoms with Crippen LogP contribution in [0, 0.1) is 11.8 Å². The van der Waals surface area contributed by atoms with Crippen molar-refractivity contribution in [1.29, 1.82) is 0 Å². The van der Waals surface area contributed by atoms with Crippen molar-refractivity contribution in [3.63, 3.8) is 0 Å². The highest BCUT2D eigenvalue weighted by Crippen LogP contribution is 2.36. The predicted molar refractivity (Wildman–Crippen MR) is 75.4 cm³/mol. The topological polar surface area (TPSA) is 49.5 Å². The van der Waals surface area contributed by atoms with Gasteiger partial charge < -0.3 is 15.7 Å². The van der Waals surface area contributed by atoms with Crippen LogP contribution in [0.4, 0.5) is 0 Å². The molecule has 1 heterocycles. The molecule has 3 heteroatoms. The van der Waals surface area contributed by atoms with Crippen molar-refractivity contribution in [2.24, 2.45) is 17.6 Å². The third kappa shape index (κ3) is 3.25. The van der Waals surface area contributed by atoms with Crippen LogP contribution in [-0.2, 0) is 0 Å². The summed E-state index contributed by atoms with van der Waals surface area (Å²) < 4.78 is 0. The number of nitrogens with zero attached hydrogens (tertiary/aromatic N) is 1. The quantitative estimate of drug-likeness (QED) is 0.789. The van der Waals surface area contributed by atoms with E-state index in [0.29, 0.717) is 5.92 Å². The van der Waals surface area contributed by atoms with Crippen molar-refractivity contribution in [2.45, 2.75) is 57.4 Å². The van der Waals surface area contributed by atoms with Crippen LogP contribution in [0.25, 0.3) is 0 Å². The summed E-state index contributed by atoms with van der Waals surface area (Å²) >= 11 is 0. The molecule has 2 fully saturated rings. The first-order valence-corrected chi connectivity index (χ1v) is 7.80. The van der Waals surface area contributed by atoms with Gasteiger partial charge in [0.25, 0.3) is 0 Å². The molecule has 0 aromatic heterocycles. The summed E-state index contributed by atoms with van der Waals surface area (Å²) in [6.45, 7) is 6.18. The Morgan fingerprint density at radius 2 is 2.00 bits per heavy atom. The van der Waals surface area contributed by atoms with Crippen LogP contribution in [0.5, 0.6) is 0 Å². The molecule has 3 N–H and O–H groups in total. The van der Waals surface area contributed by atoms with Crippen molar-refractivity contribution in [3.05, 3.63) is 0 Å². The van der Waals surface area contributed by atoms with Gasteiger partial charge in [-0.25, -0.2) is 0 Å². The average molecular weight is 254 g/mol. The highest BCUT2D eigenvalue weighted by Gasteiger charge is 2.38. The van der Waals surface area contributed by atoms with Crippen LogP contribution >= 0.6 is 0 Å². The Morgan fingerprint density at radius 1 is 1.28 bits per heavy atom. The number of hydrogen-bond acceptors (Lipinski definition) is 3. The molecule has 106 valence electrons.